The molecule has 1 rings (SSSR count). The Labute approximate surface area is 101 Å². The smallest absolute Gasteiger partial charge is 0.166 e. The molecule has 0 N–H and O–H groups in total. The highest BCUT2D eigenvalue weighted by atomic mass is 35.5. The van der Waals surface area contributed by atoms with E-state index in [1.54, 1.807) is 0 Å². The van der Waals surface area contributed by atoms with Crippen molar-refractivity contribution in [1.82, 2.24) is 0 Å². The first-order valence-corrected chi connectivity index (χ1v) is 5.64. The van der Waals surface area contributed by atoms with Crippen LogP contribution < -0.4 is 0 Å². The van der Waals surface area contributed by atoms with Crippen molar-refractivity contribution in [3.05, 3.63) is 35.9 Å². The molecular formula is C12H16Cl2O. The minimum atomic E-state index is -0.978. The number of hydrogen-bond donors (Lipinski definition) is 0. The molecule has 0 fully saturated rings. The van der Waals surface area contributed by atoms with Gasteiger partial charge in [-0.2, -0.15) is 0 Å². The second-order valence-corrected chi connectivity index (χ2v) is 5.96. The van der Waals surface area contributed by atoms with Crippen molar-refractivity contribution < 1.29 is 4.74 Å². The Bertz CT molecular complexity index is 301. The second-order valence-electron chi connectivity index (χ2n) is 4.47. The minimum absolute atomic E-state index is 0.232. The van der Waals surface area contributed by atoms with Gasteiger partial charge in [-0.05, 0) is 26.3 Å². The SMILES string of the molecule is CC(C)(C)OCC(Cl)(Cl)c1ccccc1. The van der Waals surface area contributed by atoms with E-state index < -0.39 is 4.33 Å². The maximum atomic E-state index is 6.21. The Kier molecular flexibility index (Phi) is 4.05. The molecule has 84 valence electrons. The van der Waals surface area contributed by atoms with Gasteiger partial charge in [0.05, 0.1) is 12.2 Å². The lowest BCUT2D eigenvalue weighted by molar-refractivity contribution is -0.00735. The van der Waals surface area contributed by atoms with Crippen molar-refractivity contribution in [3.63, 3.8) is 0 Å². The van der Waals surface area contributed by atoms with Gasteiger partial charge in [0, 0.05) is 0 Å². The van der Waals surface area contributed by atoms with Gasteiger partial charge < -0.3 is 4.74 Å². The molecule has 0 aliphatic rings. The first-order valence-electron chi connectivity index (χ1n) is 4.89. The number of rotatable bonds is 3. The molecule has 0 heterocycles. The molecule has 0 aromatic heterocycles. The van der Waals surface area contributed by atoms with Crippen LogP contribution in [0.25, 0.3) is 0 Å². The zero-order valence-electron chi connectivity index (χ0n) is 9.26. The van der Waals surface area contributed by atoms with E-state index in [-0.39, 0.29) is 12.2 Å². The first kappa shape index (κ1) is 12.8. The number of benzene rings is 1. The lowest BCUT2D eigenvalue weighted by Crippen LogP contribution is -2.27. The van der Waals surface area contributed by atoms with Crippen LogP contribution >= 0.6 is 23.2 Å². The zero-order valence-corrected chi connectivity index (χ0v) is 10.8. The Hall–Kier alpha value is -0.240. The van der Waals surface area contributed by atoms with Gasteiger partial charge in [-0.3, -0.25) is 0 Å². The van der Waals surface area contributed by atoms with Crippen LogP contribution in [0.5, 0.6) is 0 Å². The summed E-state index contributed by atoms with van der Waals surface area (Å²) in [6.07, 6.45) is 0. The van der Waals surface area contributed by atoms with Gasteiger partial charge in [-0.15, -0.1) is 0 Å². The highest BCUT2D eigenvalue weighted by Crippen LogP contribution is 2.34. The van der Waals surface area contributed by atoms with Crippen LogP contribution in [0.1, 0.15) is 26.3 Å². The predicted molar refractivity (Wildman–Crippen MR) is 65.5 cm³/mol. The first-order chi connectivity index (χ1) is 6.81. The number of halogens is 2. The molecule has 1 aromatic rings. The van der Waals surface area contributed by atoms with E-state index >= 15 is 0 Å². The van der Waals surface area contributed by atoms with Gasteiger partial charge in [-0.25, -0.2) is 0 Å². The van der Waals surface area contributed by atoms with E-state index in [1.165, 1.54) is 0 Å². The summed E-state index contributed by atoms with van der Waals surface area (Å²) in [4.78, 5) is 0. The Morgan fingerprint density at radius 2 is 1.60 bits per heavy atom. The number of ether oxygens (including phenoxy) is 1. The summed E-state index contributed by atoms with van der Waals surface area (Å²) < 4.78 is 4.61. The second kappa shape index (κ2) is 4.73. The van der Waals surface area contributed by atoms with Crippen LogP contribution in [0.15, 0.2) is 30.3 Å². The van der Waals surface area contributed by atoms with Crippen molar-refractivity contribution in [2.24, 2.45) is 0 Å². The minimum Gasteiger partial charge on any atom is -0.372 e. The number of alkyl halides is 2. The summed E-state index contributed by atoms with van der Waals surface area (Å²) in [6.45, 7) is 6.20. The van der Waals surface area contributed by atoms with E-state index in [2.05, 4.69) is 0 Å². The van der Waals surface area contributed by atoms with Crippen LogP contribution in [-0.4, -0.2) is 12.2 Å². The van der Waals surface area contributed by atoms with E-state index in [1.807, 2.05) is 51.1 Å². The van der Waals surface area contributed by atoms with Gasteiger partial charge >= 0.3 is 0 Å². The summed E-state index contributed by atoms with van der Waals surface area (Å²) in [7, 11) is 0. The van der Waals surface area contributed by atoms with Gasteiger partial charge in [0.1, 0.15) is 0 Å². The van der Waals surface area contributed by atoms with E-state index in [9.17, 15) is 0 Å². The Morgan fingerprint density at radius 1 is 1.07 bits per heavy atom. The van der Waals surface area contributed by atoms with Crippen LogP contribution in [0.4, 0.5) is 0 Å². The molecule has 0 unspecified atom stereocenters. The monoisotopic (exact) mass is 246 g/mol. The van der Waals surface area contributed by atoms with Gasteiger partial charge in [0.25, 0.3) is 0 Å². The van der Waals surface area contributed by atoms with Gasteiger partial charge in [0.2, 0.25) is 0 Å². The van der Waals surface area contributed by atoms with Gasteiger partial charge in [0.15, 0.2) is 4.33 Å². The molecule has 0 spiro atoms. The van der Waals surface area contributed by atoms with Crippen molar-refractivity contribution in [2.75, 3.05) is 6.61 Å². The average Bonchev–Trinajstić information content (AvgIpc) is 2.16. The van der Waals surface area contributed by atoms with Gasteiger partial charge in [-0.1, -0.05) is 53.5 Å². The van der Waals surface area contributed by atoms with Crippen molar-refractivity contribution in [2.45, 2.75) is 30.7 Å². The maximum absolute atomic E-state index is 6.21. The summed E-state index contributed by atoms with van der Waals surface area (Å²) in [5, 5.41) is 0. The quantitative estimate of drug-likeness (QED) is 0.729. The fourth-order valence-corrected chi connectivity index (χ4v) is 1.43. The van der Waals surface area contributed by atoms with Crippen molar-refractivity contribution in [1.29, 1.82) is 0 Å². The Morgan fingerprint density at radius 3 is 2.07 bits per heavy atom. The molecule has 0 aliphatic carbocycles. The van der Waals surface area contributed by atoms with Crippen LogP contribution in [0, 0.1) is 0 Å². The molecule has 0 bridgehead atoms. The Balaban J connectivity index is 2.68. The standard InChI is InChI=1S/C12H16Cl2O/c1-11(2,3)15-9-12(13,14)10-7-5-4-6-8-10/h4-8H,9H2,1-3H3. The fraction of sp³-hybridized carbons (Fsp3) is 0.500. The predicted octanol–water partition coefficient (Wildman–Crippen LogP) is 4.13. The van der Waals surface area contributed by atoms with E-state index in [0.29, 0.717) is 0 Å². The highest BCUT2D eigenvalue weighted by Gasteiger charge is 2.28. The molecule has 0 aliphatic heterocycles. The van der Waals surface area contributed by atoms with Crippen molar-refractivity contribution in [3.8, 4) is 0 Å². The molecule has 1 aromatic carbocycles. The molecule has 0 atom stereocenters. The molecule has 0 saturated carbocycles. The lowest BCUT2D eigenvalue weighted by Gasteiger charge is -2.26. The third kappa shape index (κ3) is 4.42. The number of hydrogen-bond acceptors (Lipinski definition) is 1. The van der Waals surface area contributed by atoms with E-state index in [4.69, 9.17) is 27.9 Å². The lowest BCUT2D eigenvalue weighted by atomic mass is 10.1. The largest absolute Gasteiger partial charge is 0.372 e. The normalized spacial score (nSPS) is 12.9. The maximum Gasteiger partial charge on any atom is 0.166 e. The third-order valence-corrected chi connectivity index (χ3v) is 2.54. The summed E-state index contributed by atoms with van der Waals surface area (Å²) in [6, 6.07) is 9.54. The highest BCUT2D eigenvalue weighted by molar-refractivity contribution is 6.48. The molecule has 15 heavy (non-hydrogen) atoms. The van der Waals surface area contributed by atoms with Crippen LogP contribution in [-0.2, 0) is 9.07 Å². The summed E-state index contributed by atoms with van der Waals surface area (Å²) in [5.74, 6) is 0. The topological polar surface area (TPSA) is 9.23 Å². The molecule has 0 radical (unpaired) electrons. The van der Waals surface area contributed by atoms with E-state index in [0.717, 1.165) is 5.56 Å². The van der Waals surface area contributed by atoms with Crippen LogP contribution in [0.2, 0.25) is 0 Å². The summed E-state index contributed by atoms with van der Waals surface area (Å²) >= 11 is 12.4. The average molecular weight is 247 g/mol. The fourth-order valence-electron chi connectivity index (χ4n) is 1.07. The summed E-state index contributed by atoms with van der Waals surface area (Å²) in [5.41, 5.74) is 0.627. The zero-order chi connectivity index (χ0) is 11.5. The van der Waals surface area contributed by atoms with Crippen molar-refractivity contribution >= 4 is 23.2 Å². The molecule has 0 amide bonds. The third-order valence-electron chi connectivity index (χ3n) is 1.88. The van der Waals surface area contributed by atoms with Crippen LogP contribution in [0.3, 0.4) is 0 Å². The molecule has 0 saturated heterocycles. The molecule has 3 heteroatoms. The molecular weight excluding hydrogens is 231 g/mol. The molecule has 1 nitrogen and oxygen atoms in total.